The van der Waals surface area contributed by atoms with Gasteiger partial charge in [0, 0.05) is 25.8 Å². The lowest BCUT2D eigenvalue weighted by atomic mass is 10.1. The number of aromatic amines is 1. The highest BCUT2D eigenvalue weighted by molar-refractivity contribution is 14.1. The van der Waals surface area contributed by atoms with Crippen LogP contribution in [0.5, 0.6) is 0 Å². The van der Waals surface area contributed by atoms with Crippen LogP contribution in [0.2, 0.25) is 0 Å². The molecule has 3 heterocycles. The maximum absolute atomic E-state index is 13.2. The highest BCUT2D eigenvalue weighted by Crippen LogP contribution is 2.21. The maximum Gasteiger partial charge on any atom is 0.306 e. The Hall–Kier alpha value is -1.45. The van der Waals surface area contributed by atoms with E-state index in [1.54, 1.807) is 0 Å². The van der Waals surface area contributed by atoms with Gasteiger partial charge in [-0.1, -0.05) is 0 Å². The van der Waals surface area contributed by atoms with Gasteiger partial charge in [-0.2, -0.15) is 0 Å². The molecule has 3 amide bonds. The van der Waals surface area contributed by atoms with E-state index in [9.17, 15) is 19.2 Å². The normalized spacial score (nSPS) is 22.8. The third-order valence-corrected chi connectivity index (χ3v) is 6.17. The van der Waals surface area contributed by atoms with Crippen molar-refractivity contribution in [1.29, 1.82) is 0 Å². The van der Waals surface area contributed by atoms with Crippen molar-refractivity contribution in [3.63, 3.8) is 0 Å². The van der Waals surface area contributed by atoms with Crippen molar-refractivity contribution < 1.29 is 23.9 Å². The molecule has 0 saturated carbocycles. The third-order valence-electron chi connectivity index (χ3n) is 4.76. The molecule has 0 radical (unpaired) electrons. The second kappa shape index (κ2) is 8.92. The minimum atomic E-state index is -0.934. The van der Waals surface area contributed by atoms with Crippen molar-refractivity contribution >= 4 is 68.9 Å². The lowest BCUT2D eigenvalue weighted by molar-refractivity contribution is -0.149. The van der Waals surface area contributed by atoms with Crippen LogP contribution in [0, 0.1) is 7.53 Å². The van der Waals surface area contributed by atoms with Crippen LogP contribution in [-0.2, 0) is 30.3 Å². The average Bonchev–Trinajstić information content (AvgIpc) is 3.34. The standard InChI is InChI=1S/C16H19I2N5O5/c17-12-7(21-16(18)22-12)6-8(20-14(26)10-3-4-11(24)28-10)15(27)23-5-1-2-9(23)13(19)25/h8-10H,1-6H2,(H2,19,25)(H,20,26)(H,21,22). The Balaban J connectivity index is 1.80. The largest absolute Gasteiger partial charge is 0.452 e. The molecule has 0 aliphatic carbocycles. The molecule has 2 aliphatic heterocycles. The second-order valence-corrected chi connectivity index (χ2v) is 8.72. The first-order chi connectivity index (χ1) is 13.3. The highest BCUT2D eigenvalue weighted by atomic mass is 127. The number of halogens is 2. The van der Waals surface area contributed by atoms with Crippen LogP contribution in [0.4, 0.5) is 0 Å². The van der Waals surface area contributed by atoms with Crippen LogP contribution < -0.4 is 11.1 Å². The number of carbonyl (C=O) groups is 4. The van der Waals surface area contributed by atoms with Gasteiger partial charge >= 0.3 is 5.97 Å². The van der Waals surface area contributed by atoms with E-state index in [1.807, 2.05) is 45.2 Å². The fourth-order valence-electron chi connectivity index (χ4n) is 3.40. The molecule has 3 rings (SSSR count). The minimum absolute atomic E-state index is 0.168. The quantitative estimate of drug-likeness (QED) is 0.299. The predicted octanol–water partition coefficient (Wildman–Crippen LogP) is -0.172. The zero-order valence-electron chi connectivity index (χ0n) is 14.7. The average molecular weight is 615 g/mol. The molecule has 2 saturated heterocycles. The van der Waals surface area contributed by atoms with E-state index in [0.29, 0.717) is 32.6 Å². The van der Waals surface area contributed by atoms with Gasteiger partial charge in [-0.3, -0.25) is 19.2 Å². The van der Waals surface area contributed by atoms with Crippen molar-refractivity contribution in [2.24, 2.45) is 5.73 Å². The molecule has 0 bridgehead atoms. The number of nitrogens with one attached hydrogen (secondary N) is 2. The molecule has 2 fully saturated rings. The van der Waals surface area contributed by atoms with Crippen molar-refractivity contribution in [2.45, 2.75) is 50.3 Å². The SMILES string of the molecule is NC(=O)C1CCCN1C(=O)C(Cc1[nH]c(I)nc1I)NC(=O)C1CCC(=O)O1. The van der Waals surface area contributed by atoms with Crippen molar-refractivity contribution in [1.82, 2.24) is 20.2 Å². The number of cyclic esters (lactones) is 1. The molecule has 0 aromatic carbocycles. The zero-order chi connectivity index (χ0) is 20.4. The summed E-state index contributed by atoms with van der Waals surface area (Å²) in [6.07, 6.45) is 0.874. The first-order valence-corrected chi connectivity index (χ1v) is 10.9. The zero-order valence-corrected chi connectivity index (χ0v) is 19.1. The summed E-state index contributed by atoms with van der Waals surface area (Å²) in [7, 11) is 0. The fraction of sp³-hybridized carbons (Fsp3) is 0.562. The number of amides is 3. The number of nitrogens with two attached hydrogens (primary N) is 1. The molecule has 1 aromatic heterocycles. The Morgan fingerprint density at radius 2 is 2.11 bits per heavy atom. The van der Waals surface area contributed by atoms with E-state index in [0.717, 1.165) is 0 Å². The van der Waals surface area contributed by atoms with Crippen LogP contribution >= 0.6 is 45.2 Å². The summed E-state index contributed by atoms with van der Waals surface area (Å²) in [5, 5.41) is 2.69. The number of nitrogens with zero attached hydrogens (tertiary/aromatic N) is 2. The summed E-state index contributed by atoms with van der Waals surface area (Å²) >= 11 is 4.07. The van der Waals surface area contributed by atoms with Gasteiger partial charge in [-0.15, -0.1) is 0 Å². The number of imidazole rings is 1. The van der Waals surface area contributed by atoms with E-state index in [-0.39, 0.29) is 25.2 Å². The Labute approximate surface area is 188 Å². The lowest BCUT2D eigenvalue weighted by Gasteiger charge is -2.28. The van der Waals surface area contributed by atoms with Gasteiger partial charge in [0.25, 0.3) is 5.91 Å². The summed E-state index contributed by atoms with van der Waals surface area (Å²) in [5.74, 6) is -1.91. The number of likely N-dealkylation sites (tertiary alicyclic amines) is 1. The molecule has 4 N–H and O–H groups in total. The predicted molar refractivity (Wildman–Crippen MR) is 113 cm³/mol. The van der Waals surface area contributed by atoms with Crippen LogP contribution in [0.15, 0.2) is 0 Å². The van der Waals surface area contributed by atoms with Crippen LogP contribution in [0.25, 0.3) is 0 Å². The second-order valence-electron chi connectivity index (χ2n) is 6.67. The summed E-state index contributed by atoms with van der Waals surface area (Å²) in [5.41, 5.74) is 6.12. The van der Waals surface area contributed by atoms with Crippen LogP contribution in [0.1, 0.15) is 31.4 Å². The molecule has 12 heteroatoms. The van der Waals surface area contributed by atoms with Gasteiger partial charge in [0.2, 0.25) is 11.8 Å². The lowest BCUT2D eigenvalue weighted by Crippen LogP contribution is -2.55. The number of hydrogen-bond donors (Lipinski definition) is 3. The molecule has 1 aromatic rings. The number of H-pyrrole nitrogens is 1. The number of rotatable bonds is 6. The number of primary amides is 1. The van der Waals surface area contributed by atoms with Gasteiger partial charge in [-0.25, -0.2) is 4.98 Å². The third kappa shape index (κ3) is 4.75. The smallest absolute Gasteiger partial charge is 0.306 e. The molecule has 10 nitrogen and oxygen atoms in total. The number of aromatic nitrogens is 2. The van der Waals surface area contributed by atoms with Crippen molar-refractivity contribution in [2.75, 3.05) is 6.54 Å². The first kappa shape index (κ1) is 21.3. The van der Waals surface area contributed by atoms with Gasteiger partial charge in [0.05, 0.1) is 5.69 Å². The fourth-order valence-corrected chi connectivity index (χ4v) is 5.02. The molecule has 0 spiro atoms. The van der Waals surface area contributed by atoms with Crippen molar-refractivity contribution in [3.05, 3.63) is 13.2 Å². The van der Waals surface area contributed by atoms with E-state index in [2.05, 4.69) is 15.3 Å². The Bertz CT molecular complexity index is 813. The molecule has 3 unspecified atom stereocenters. The monoisotopic (exact) mass is 615 g/mol. The van der Waals surface area contributed by atoms with Crippen molar-refractivity contribution in [3.8, 4) is 0 Å². The molecule has 2 aliphatic rings. The maximum atomic E-state index is 13.2. The number of hydrogen-bond acceptors (Lipinski definition) is 6. The molecule has 28 heavy (non-hydrogen) atoms. The van der Waals surface area contributed by atoms with Crippen LogP contribution in [-0.4, -0.2) is 63.3 Å². The highest BCUT2D eigenvalue weighted by Gasteiger charge is 2.39. The number of carbonyl (C=O) groups excluding carboxylic acids is 4. The summed E-state index contributed by atoms with van der Waals surface area (Å²) in [6, 6.07) is -1.62. The van der Waals surface area contributed by atoms with Gasteiger partial charge in [0.15, 0.2) is 9.94 Å². The molecule has 3 atom stereocenters. The summed E-state index contributed by atoms with van der Waals surface area (Å²) in [6.45, 7) is 0.398. The minimum Gasteiger partial charge on any atom is -0.452 e. The Morgan fingerprint density at radius 1 is 1.36 bits per heavy atom. The summed E-state index contributed by atoms with van der Waals surface area (Å²) < 4.78 is 6.35. The van der Waals surface area contributed by atoms with Gasteiger partial charge in [-0.05, 0) is 58.0 Å². The number of ether oxygens (including phenoxy) is 1. The van der Waals surface area contributed by atoms with E-state index in [4.69, 9.17) is 10.5 Å². The molecular weight excluding hydrogens is 596 g/mol. The van der Waals surface area contributed by atoms with Gasteiger partial charge < -0.3 is 25.7 Å². The Kier molecular flexibility index (Phi) is 6.77. The Morgan fingerprint density at radius 3 is 2.68 bits per heavy atom. The van der Waals surface area contributed by atoms with Gasteiger partial charge in [0.1, 0.15) is 15.8 Å². The first-order valence-electron chi connectivity index (χ1n) is 8.75. The molecule has 152 valence electrons. The van der Waals surface area contributed by atoms with E-state index < -0.39 is 36.0 Å². The summed E-state index contributed by atoms with van der Waals surface area (Å²) in [4.78, 5) is 57.4. The van der Waals surface area contributed by atoms with E-state index >= 15 is 0 Å². The number of esters is 1. The topological polar surface area (TPSA) is 147 Å². The molecular formula is C16H19I2N5O5. The van der Waals surface area contributed by atoms with E-state index in [1.165, 1.54) is 4.90 Å². The van der Waals surface area contributed by atoms with Crippen LogP contribution in [0.3, 0.4) is 0 Å².